The van der Waals surface area contributed by atoms with Gasteiger partial charge in [0.05, 0.1) is 0 Å². The Morgan fingerprint density at radius 3 is 2.53 bits per heavy atom. The molecule has 0 amide bonds. The molecule has 2 atom stereocenters. The lowest BCUT2D eigenvalue weighted by molar-refractivity contribution is 0.0371. The van der Waals surface area contributed by atoms with Gasteiger partial charge in [0.15, 0.2) is 0 Å². The molecular weight excluding hydrogens is 210 g/mol. The van der Waals surface area contributed by atoms with Crippen molar-refractivity contribution in [3.63, 3.8) is 0 Å². The molecule has 1 saturated carbocycles. The zero-order chi connectivity index (χ0) is 12.5. The Hall–Kier alpha value is -0.120. The number of nitrogens with two attached hydrogens (primary N) is 1. The topological polar surface area (TPSA) is 32.5 Å². The molecule has 0 bridgehead atoms. The molecule has 2 rings (SSSR count). The van der Waals surface area contributed by atoms with Crippen LogP contribution in [0, 0.1) is 5.92 Å². The average Bonchev–Trinajstić information content (AvgIpc) is 3.13. The van der Waals surface area contributed by atoms with Crippen molar-refractivity contribution in [3.05, 3.63) is 0 Å². The lowest BCUT2D eigenvalue weighted by Crippen LogP contribution is -2.58. The van der Waals surface area contributed by atoms with Crippen LogP contribution in [0.5, 0.6) is 0 Å². The van der Waals surface area contributed by atoms with Crippen LogP contribution in [0.3, 0.4) is 0 Å². The zero-order valence-electron chi connectivity index (χ0n) is 11.8. The molecule has 2 aliphatic rings. The van der Waals surface area contributed by atoms with Gasteiger partial charge in [-0.3, -0.25) is 4.90 Å². The van der Waals surface area contributed by atoms with Crippen LogP contribution in [-0.4, -0.2) is 55.1 Å². The van der Waals surface area contributed by atoms with Crippen molar-refractivity contribution in [1.29, 1.82) is 0 Å². The van der Waals surface area contributed by atoms with Crippen molar-refractivity contribution >= 4 is 0 Å². The molecule has 0 spiro atoms. The highest BCUT2D eigenvalue weighted by Gasteiger charge is 2.38. The minimum Gasteiger partial charge on any atom is -0.329 e. The number of rotatable bonds is 5. The Bertz CT molecular complexity index is 250. The fourth-order valence-electron chi connectivity index (χ4n) is 3.15. The highest BCUT2D eigenvalue weighted by Crippen LogP contribution is 2.39. The van der Waals surface area contributed by atoms with E-state index < -0.39 is 0 Å². The lowest BCUT2D eigenvalue weighted by Gasteiger charge is -2.46. The Balaban J connectivity index is 1.97. The van der Waals surface area contributed by atoms with Crippen LogP contribution in [0.1, 0.15) is 39.0 Å². The number of likely N-dealkylation sites (tertiary alicyclic amines) is 1. The molecule has 0 radical (unpaired) electrons. The van der Waals surface area contributed by atoms with Gasteiger partial charge in [-0.15, -0.1) is 0 Å². The van der Waals surface area contributed by atoms with Gasteiger partial charge in [-0.1, -0.05) is 12.8 Å². The van der Waals surface area contributed by atoms with Crippen molar-refractivity contribution in [2.24, 2.45) is 11.7 Å². The smallest absolute Gasteiger partial charge is 0.0306 e. The van der Waals surface area contributed by atoms with Crippen LogP contribution in [-0.2, 0) is 0 Å². The average molecular weight is 239 g/mol. The largest absolute Gasteiger partial charge is 0.329 e. The molecule has 2 fully saturated rings. The third-order valence-electron chi connectivity index (χ3n) is 4.76. The maximum absolute atomic E-state index is 6.08. The molecule has 3 heteroatoms. The van der Waals surface area contributed by atoms with Crippen LogP contribution in [0.25, 0.3) is 0 Å². The van der Waals surface area contributed by atoms with Gasteiger partial charge < -0.3 is 10.6 Å². The summed E-state index contributed by atoms with van der Waals surface area (Å²) in [6.45, 7) is 5.63. The maximum atomic E-state index is 6.08. The summed E-state index contributed by atoms with van der Waals surface area (Å²) in [6, 6.07) is 0.717. The van der Waals surface area contributed by atoms with Crippen molar-refractivity contribution in [1.82, 2.24) is 9.80 Å². The molecule has 100 valence electrons. The fraction of sp³-hybridized carbons (Fsp3) is 1.00. The first-order valence-electron chi connectivity index (χ1n) is 7.17. The fourth-order valence-corrected chi connectivity index (χ4v) is 3.15. The number of hydrogen-bond acceptors (Lipinski definition) is 3. The van der Waals surface area contributed by atoms with E-state index >= 15 is 0 Å². The molecule has 2 N–H and O–H groups in total. The second kappa shape index (κ2) is 5.25. The summed E-state index contributed by atoms with van der Waals surface area (Å²) < 4.78 is 0. The van der Waals surface area contributed by atoms with E-state index in [0.29, 0.717) is 6.04 Å². The zero-order valence-corrected chi connectivity index (χ0v) is 11.8. The minimum atomic E-state index is 0.246. The SMILES string of the molecule is CN(C)C1CCCN(C(C)(CN)CC2CC2)C1. The molecule has 1 aliphatic carbocycles. The van der Waals surface area contributed by atoms with Gasteiger partial charge in [0.2, 0.25) is 0 Å². The quantitative estimate of drug-likeness (QED) is 0.790. The van der Waals surface area contributed by atoms with Crippen molar-refractivity contribution in [3.8, 4) is 0 Å². The van der Waals surface area contributed by atoms with E-state index in [0.717, 1.165) is 12.5 Å². The van der Waals surface area contributed by atoms with Crippen molar-refractivity contribution in [2.45, 2.75) is 50.6 Å². The Labute approximate surface area is 106 Å². The standard InChI is InChI=1S/C14H29N3/c1-14(11-15,9-12-6-7-12)17-8-4-5-13(10-17)16(2)3/h12-13H,4-11,15H2,1-3H3. The van der Waals surface area contributed by atoms with Gasteiger partial charge >= 0.3 is 0 Å². The number of piperidine rings is 1. The predicted octanol–water partition coefficient (Wildman–Crippen LogP) is 1.53. The number of likely N-dealkylation sites (N-methyl/N-ethyl adjacent to an activating group) is 1. The molecule has 0 aromatic carbocycles. The third-order valence-corrected chi connectivity index (χ3v) is 4.76. The first-order chi connectivity index (χ1) is 8.05. The third kappa shape index (κ3) is 3.21. The van der Waals surface area contributed by atoms with Gasteiger partial charge in [-0.05, 0) is 52.7 Å². The van der Waals surface area contributed by atoms with E-state index in [1.54, 1.807) is 0 Å². The van der Waals surface area contributed by atoms with E-state index in [-0.39, 0.29) is 5.54 Å². The first kappa shape index (κ1) is 13.3. The van der Waals surface area contributed by atoms with Gasteiger partial charge in [0.1, 0.15) is 0 Å². The molecule has 3 nitrogen and oxygen atoms in total. The van der Waals surface area contributed by atoms with Gasteiger partial charge in [0.25, 0.3) is 0 Å². The highest BCUT2D eigenvalue weighted by atomic mass is 15.3. The van der Waals surface area contributed by atoms with Crippen molar-refractivity contribution in [2.75, 3.05) is 33.7 Å². The normalized spacial score (nSPS) is 30.5. The van der Waals surface area contributed by atoms with Crippen LogP contribution in [0.4, 0.5) is 0 Å². The summed E-state index contributed by atoms with van der Waals surface area (Å²) in [6.07, 6.45) is 6.83. The van der Waals surface area contributed by atoms with Gasteiger partial charge in [-0.2, -0.15) is 0 Å². The molecule has 2 unspecified atom stereocenters. The lowest BCUT2D eigenvalue weighted by atomic mass is 9.89. The van der Waals surface area contributed by atoms with Crippen LogP contribution in [0.15, 0.2) is 0 Å². The summed E-state index contributed by atoms with van der Waals surface area (Å²) in [5.74, 6) is 0.961. The number of nitrogens with zero attached hydrogens (tertiary/aromatic N) is 2. The van der Waals surface area contributed by atoms with Crippen LogP contribution >= 0.6 is 0 Å². The summed E-state index contributed by atoms with van der Waals surface area (Å²) >= 11 is 0. The van der Waals surface area contributed by atoms with Gasteiger partial charge in [-0.25, -0.2) is 0 Å². The summed E-state index contributed by atoms with van der Waals surface area (Å²) in [7, 11) is 4.41. The molecule has 1 aliphatic heterocycles. The van der Waals surface area contributed by atoms with E-state index in [1.165, 1.54) is 45.2 Å². The van der Waals surface area contributed by atoms with E-state index in [4.69, 9.17) is 5.73 Å². The summed E-state index contributed by atoms with van der Waals surface area (Å²) in [4.78, 5) is 5.04. The second-order valence-corrected chi connectivity index (χ2v) is 6.55. The summed E-state index contributed by atoms with van der Waals surface area (Å²) in [5.41, 5.74) is 6.33. The van der Waals surface area contributed by atoms with Crippen LogP contribution < -0.4 is 5.73 Å². The van der Waals surface area contributed by atoms with Gasteiger partial charge in [0, 0.05) is 24.7 Å². The molecule has 0 aromatic rings. The molecule has 1 heterocycles. The molecule has 0 aromatic heterocycles. The number of hydrogen-bond donors (Lipinski definition) is 1. The minimum absolute atomic E-state index is 0.246. The van der Waals surface area contributed by atoms with Crippen LogP contribution in [0.2, 0.25) is 0 Å². The first-order valence-corrected chi connectivity index (χ1v) is 7.17. The predicted molar refractivity (Wildman–Crippen MR) is 73.1 cm³/mol. The van der Waals surface area contributed by atoms with E-state index in [2.05, 4.69) is 30.8 Å². The molecular formula is C14H29N3. The van der Waals surface area contributed by atoms with E-state index in [1.807, 2.05) is 0 Å². The molecule has 1 saturated heterocycles. The monoisotopic (exact) mass is 239 g/mol. The second-order valence-electron chi connectivity index (χ2n) is 6.55. The Morgan fingerprint density at radius 2 is 2.00 bits per heavy atom. The van der Waals surface area contributed by atoms with Crippen molar-refractivity contribution < 1.29 is 0 Å². The summed E-state index contributed by atoms with van der Waals surface area (Å²) in [5, 5.41) is 0. The highest BCUT2D eigenvalue weighted by molar-refractivity contribution is 4.95. The maximum Gasteiger partial charge on any atom is 0.0306 e. The Morgan fingerprint density at radius 1 is 1.29 bits per heavy atom. The Kier molecular flexibility index (Phi) is 4.11. The molecule has 17 heavy (non-hydrogen) atoms. The van der Waals surface area contributed by atoms with E-state index in [9.17, 15) is 0 Å².